The monoisotopic (exact) mass is 541 g/mol. The summed E-state index contributed by atoms with van der Waals surface area (Å²) in [5.41, 5.74) is 1.07. The van der Waals surface area contributed by atoms with Gasteiger partial charge >= 0.3 is 5.97 Å². The van der Waals surface area contributed by atoms with Gasteiger partial charge in [0.2, 0.25) is 0 Å². The Kier molecular flexibility index (Phi) is 7.88. The number of carboxylic acid groups (broad SMARTS) is 1. The van der Waals surface area contributed by atoms with Crippen LogP contribution in [0.25, 0.3) is 0 Å². The lowest BCUT2D eigenvalue weighted by Gasteiger charge is -2.50. The minimum Gasteiger partial charge on any atom is -0.481 e. The molecule has 2 aromatic rings. The first-order valence-electron chi connectivity index (χ1n) is 12.8. The largest absolute Gasteiger partial charge is 0.481 e. The second-order valence-corrected chi connectivity index (χ2v) is 11.7. The molecule has 4 rings (SSSR count). The summed E-state index contributed by atoms with van der Waals surface area (Å²) in [6.45, 7) is 8.70. The number of amides is 1. The Labute approximate surface area is 228 Å². The van der Waals surface area contributed by atoms with Gasteiger partial charge in [-0.05, 0) is 60.6 Å². The van der Waals surface area contributed by atoms with Crippen molar-refractivity contribution in [2.75, 3.05) is 13.1 Å². The standard InChI is InChI=1S/C29H33Cl2N3O3/c1-18(2)23-21(30)15-20-24(25(23)31)26(35)34(14-7-5-6-9-19-16-32-12-13-33-19)17-22-28(20,3)10-8-11-29(22,4)27(36)37/h12-13,15-16,18,22H,5,7-8,10-11,14,17H2,1-4H3,(H,36,37)/t22-,28-,29-/m1/s1. The Bertz CT molecular complexity index is 1270. The van der Waals surface area contributed by atoms with Crippen molar-refractivity contribution in [3.05, 3.63) is 57.1 Å². The average Bonchev–Trinajstić information content (AvgIpc) is 2.93. The Morgan fingerprint density at radius 2 is 2.03 bits per heavy atom. The van der Waals surface area contributed by atoms with Crippen LogP contribution < -0.4 is 0 Å². The normalized spacial score (nSPS) is 25.1. The van der Waals surface area contributed by atoms with E-state index in [4.69, 9.17) is 23.2 Å². The van der Waals surface area contributed by atoms with E-state index in [1.165, 1.54) is 0 Å². The van der Waals surface area contributed by atoms with Gasteiger partial charge in [-0.15, -0.1) is 0 Å². The predicted octanol–water partition coefficient (Wildman–Crippen LogP) is 6.34. The van der Waals surface area contributed by atoms with Gasteiger partial charge in [0.15, 0.2) is 0 Å². The van der Waals surface area contributed by atoms with Crippen LogP contribution in [0, 0.1) is 23.2 Å². The molecule has 1 amide bonds. The molecule has 196 valence electrons. The third kappa shape index (κ3) is 4.96. The van der Waals surface area contributed by atoms with Gasteiger partial charge in [-0.25, -0.2) is 4.98 Å². The molecule has 1 fully saturated rings. The molecule has 1 aliphatic heterocycles. The number of unbranched alkanes of at least 4 members (excludes halogenated alkanes) is 1. The number of rotatable bonds is 5. The molecule has 0 radical (unpaired) electrons. The number of aliphatic carboxylic acids is 1. The van der Waals surface area contributed by atoms with Crippen molar-refractivity contribution in [3.8, 4) is 11.8 Å². The number of nitrogens with zero attached hydrogens (tertiary/aromatic N) is 3. The number of hydrogen-bond acceptors (Lipinski definition) is 4. The highest BCUT2D eigenvalue weighted by Crippen LogP contribution is 2.56. The summed E-state index contributed by atoms with van der Waals surface area (Å²) in [6, 6.07) is 1.88. The third-order valence-electron chi connectivity index (χ3n) is 8.28. The van der Waals surface area contributed by atoms with E-state index in [1.54, 1.807) is 23.5 Å². The molecule has 2 heterocycles. The Morgan fingerprint density at radius 3 is 2.68 bits per heavy atom. The Hall–Kier alpha value is -2.62. The van der Waals surface area contributed by atoms with Gasteiger partial charge in [0, 0.05) is 42.8 Å². The Balaban J connectivity index is 1.75. The zero-order valence-electron chi connectivity index (χ0n) is 21.8. The highest BCUT2D eigenvalue weighted by atomic mass is 35.5. The van der Waals surface area contributed by atoms with E-state index in [-0.39, 0.29) is 17.7 Å². The van der Waals surface area contributed by atoms with Gasteiger partial charge in [0.1, 0.15) is 5.69 Å². The van der Waals surface area contributed by atoms with Crippen molar-refractivity contribution < 1.29 is 14.7 Å². The molecule has 1 saturated carbocycles. The van der Waals surface area contributed by atoms with E-state index < -0.39 is 16.8 Å². The molecule has 37 heavy (non-hydrogen) atoms. The van der Waals surface area contributed by atoms with E-state index in [2.05, 4.69) is 28.7 Å². The highest BCUT2D eigenvalue weighted by Gasteiger charge is 2.57. The number of halogens is 2. The van der Waals surface area contributed by atoms with Gasteiger partial charge in [0.25, 0.3) is 5.91 Å². The number of fused-ring (bicyclic) bond motifs is 3. The summed E-state index contributed by atoms with van der Waals surface area (Å²) in [7, 11) is 0. The first-order valence-corrected chi connectivity index (χ1v) is 13.6. The van der Waals surface area contributed by atoms with Crippen LogP contribution in [0.2, 0.25) is 10.0 Å². The molecule has 0 unspecified atom stereocenters. The molecule has 8 heteroatoms. The summed E-state index contributed by atoms with van der Waals surface area (Å²) in [4.78, 5) is 36.7. The van der Waals surface area contributed by atoms with E-state index in [9.17, 15) is 14.7 Å². The summed E-state index contributed by atoms with van der Waals surface area (Å²) < 4.78 is 0. The first-order chi connectivity index (χ1) is 17.5. The average molecular weight is 543 g/mol. The second-order valence-electron chi connectivity index (χ2n) is 11.0. The Morgan fingerprint density at radius 1 is 1.27 bits per heavy atom. The zero-order valence-corrected chi connectivity index (χ0v) is 23.3. The molecule has 2 aliphatic rings. The van der Waals surface area contributed by atoms with Crippen LogP contribution in [0.15, 0.2) is 24.7 Å². The number of carbonyl (C=O) groups excluding carboxylic acids is 1. The zero-order chi connectivity index (χ0) is 27.0. The van der Waals surface area contributed by atoms with Crippen molar-refractivity contribution in [3.63, 3.8) is 0 Å². The molecule has 1 aromatic heterocycles. The molecule has 1 N–H and O–H groups in total. The van der Waals surface area contributed by atoms with Crippen molar-refractivity contribution >= 4 is 35.1 Å². The molecular weight excluding hydrogens is 509 g/mol. The quantitative estimate of drug-likeness (QED) is 0.352. The molecule has 1 aromatic carbocycles. The summed E-state index contributed by atoms with van der Waals surface area (Å²) in [5.74, 6) is 4.85. The van der Waals surface area contributed by atoms with Crippen LogP contribution in [0.4, 0.5) is 0 Å². The van der Waals surface area contributed by atoms with Crippen LogP contribution in [-0.4, -0.2) is 44.9 Å². The van der Waals surface area contributed by atoms with Gasteiger partial charge in [0.05, 0.1) is 22.2 Å². The first kappa shape index (κ1) is 27.4. The van der Waals surface area contributed by atoms with E-state index in [0.717, 1.165) is 24.0 Å². The van der Waals surface area contributed by atoms with Gasteiger partial charge in [-0.3, -0.25) is 14.6 Å². The van der Waals surface area contributed by atoms with Crippen molar-refractivity contribution in [2.24, 2.45) is 11.3 Å². The van der Waals surface area contributed by atoms with Crippen molar-refractivity contribution in [2.45, 2.75) is 71.1 Å². The fourth-order valence-corrected chi connectivity index (χ4v) is 7.18. The summed E-state index contributed by atoms with van der Waals surface area (Å²) in [5, 5.41) is 11.3. The van der Waals surface area contributed by atoms with Crippen LogP contribution in [0.5, 0.6) is 0 Å². The van der Waals surface area contributed by atoms with Gasteiger partial charge in [-0.1, -0.05) is 56.3 Å². The minimum atomic E-state index is -0.978. The van der Waals surface area contributed by atoms with E-state index >= 15 is 0 Å². The summed E-state index contributed by atoms with van der Waals surface area (Å²) in [6.07, 6.45) is 8.10. The van der Waals surface area contributed by atoms with Crippen molar-refractivity contribution in [1.82, 2.24) is 14.9 Å². The molecule has 0 bridgehead atoms. The SMILES string of the molecule is CC(C)c1c(Cl)cc2c(c1Cl)C(=O)N(CCCC#Cc1cnccn1)C[C@H]1[C@](C)(C(=O)O)CCC[C@]21C. The van der Waals surface area contributed by atoms with Crippen LogP contribution >= 0.6 is 23.2 Å². The van der Waals surface area contributed by atoms with E-state index in [1.807, 2.05) is 26.8 Å². The van der Waals surface area contributed by atoms with Gasteiger partial charge in [-0.2, -0.15) is 0 Å². The molecule has 1 aliphatic carbocycles. The number of hydrogen-bond donors (Lipinski definition) is 1. The van der Waals surface area contributed by atoms with E-state index in [0.29, 0.717) is 53.7 Å². The molecule has 0 saturated heterocycles. The lowest BCUT2D eigenvalue weighted by atomic mass is 9.53. The van der Waals surface area contributed by atoms with Crippen LogP contribution in [0.1, 0.15) is 92.9 Å². The maximum absolute atomic E-state index is 14.1. The number of carboxylic acids is 1. The maximum Gasteiger partial charge on any atom is 0.309 e. The lowest BCUT2D eigenvalue weighted by Crippen LogP contribution is -2.53. The van der Waals surface area contributed by atoms with Crippen LogP contribution in [-0.2, 0) is 10.2 Å². The number of benzene rings is 1. The molecular formula is C29H33Cl2N3O3. The topological polar surface area (TPSA) is 83.4 Å². The predicted molar refractivity (Wildman–Crippen MR) is 145 cm³/mol. The molecule has 0 spiro atoms. The second kappa shape index (κ2) is 10.6. The minimum absolute atomic E-state index is 0.0328. The molecule has 3 atom stereocenters. The van der Waals surface area contributed by atoms with Crippen molar-refractivity contribution in [1.29, 1.82) is 0 Å². The lowest BCUT2D eigenvalue weighted by molar-refractivity contribution is -0.157. The van der Waals surface area contributed by atoms with Gasteiger partial charge < -0.3 is 10.0 Å². The third-order valence-corrected chi connectivity index (χ3v) is 8.98. The number of aromatic nitrogens is 2. The molecule has 6 nitrogen and oxygen atoms in total. The van der Waals surface area contributed by atoms with Crippen LogP contribution in [0.3, 0.4) is 0 Å². The fraction of sp³-hybridized carbons (Fsp3) is 0.517. The highest BCUT2D eigenvalue weighted by molar-refractivity contribution is 6.38. The number of carbonyl (C=O) groups is 2. The maximum atomic E-state index is 14.1. The summed E-state index contributed by atoms with van der Waals surface area (Å²) >= 11 is 13.7. The smallest absolute Gasteiger partial charge is 0.309 e. The fourth-order valence-electron chi connectivity index (χ4n) is 6.21.